The number of likely N-dealkylation sites (tertiary alicyclic amines) is 1. The van der Waals surface area contributed by atoms with E-state index in [1.807, 2.05) is 12.1 Å². The molecule has 140 valence electrons. The smallest absolute Gasteiger partial charge is 0.335 e. The van der Waals surface area contributed by atoms with Crippen LogP contribution in [-0.4, -0.2) is 52.6 Å². The third kappa shape index (κ3) is 2.97. The van der Waals surface area contributed by atoms with Gasteiger partial charge in [0.15, 0.2) is 0 Å². The number of aromatic carboxylic acids is 1. The molecule has 0 saturated carbocycles. The summed E-state index contributed by atoms with van der Waals surface area (Å²) in [4.78, 5) is 16.5. The molecular weight excluding hydrogens is 336 g/mol. The number of benzene rings is 2. The zero-order valence-corrected chi connectivity index (χ0v) is 15.5. The minimum atomic E-state index is -0.857. The second kappa shape index (κ2) is 6.77. The molecule has 4 fully saturated rings. The molecule has 4 saturated heterocycles. The maximum atomic E-state index is 11.1. The third-order valence-electron chi connectivity index (χ3n) is 6.91. The SMILES string of the molecule is O=C(O)c1ccc(CN2C[C@@H](c3ccccc3)[C@@H]3[C@H]2C2CCN3CC2)cc1. The van der Waals surface area contributed by atoms with Crippen molar-refractivity contribution in [2.24, 2.45) is 5.92 Å². The fraction of sp³-hybridized carbons (Fsp3) is 0.435. The molecule has 4 aliphatic rings. The van der Waals surface area contributed by atoms with Crippen molar-refractivity contribution < 1.29 is 9.90 Å². The molecule has 27 heavy (non-hydrogen) atoms. The van der Waals surface area contributed by atoms with Gasteiger partial charge in [0.1, 0.15) is 0 Å². The van der Waals surface area contributed by atoms with Gasteiger partial charge in [-0.3, -0.25) is 9.80 Å². The molecule has 3 atom stereocenters. The van der Waals surface area contributed by atoms with Gasteiger partial charge in [-0.15, -0.1) is 0 Å². The molecule has 4 heteroatoms. The largest absolute Gasteiger partial charge is 0.478 e. The molecule has 6 rings (SSSR count). The first-order valence-corrected chi connectivity index (χ1v) is 10.1. The Morgan fingerprint density at radius 3 is 2.33 bits per heavy atom. The molecule has 2 bridgehead atoms. The van der Waals surface area contributed by atoms with Crippen LogP contribution >= 0.6 is 0 Å². The summed E-state index contributed by atoms with van der Waals surface area (Å²) in [7, 11) is 0. The van der Waals surface area contributed by atoms with Gasteiger partial charge >= 0.3 is 5.97 Å². The van der Waals surface area contributed by atoms with Crippen LogP contribution in [0.15, 0.2) is 54.6 Å². The maximum absolute atomic E-state index is 11.1. The van der Waals surface area contributed by atoms with E-state index in [4.69, 9.17) is 5.11 Å². The van der Waals surface area contributed by atoms with Crippen molar-refractivity contribution in [1.29, 1.82) is 0 Å². The number of nitrogens with zero attached hydrogens (tertiary/aromatic N) is 2. The van der Waals surface area contributed by atoms with Gasteiger partial charge in [0.2, 0.25) is 0 Å². The molecule has 0 spiro atoms. The summed E-state index contributed by atoms with van der Waals surface area (Å²) in [5.74, 6) is 0.508. The molecular formula is C23H26N2O2. The Morgan fingerprint density at radius 1 is 0.963 bits per heavy atom. The lowest BCUT2D eigenvalue weighted by Crippen LogP contribution is -2.59. The number of rotatable bonds is 4. The highest BCUT2D eigenvalue weighted by Crippen LogP contribution is 2.46. The molecule has 4 heterocycles. The van der Waals surface area contributed by atoms with Crippen molar-refractivity contribution in [3.05, 3.63) is 71.3 Å². The quantitative estimate of drug-likeness (QED) is 0.905. The van der Waals surface area contributed by atoms with Gasteiger partial charge in [-0.1, -0.05) is 42.5 Å². The standard InChI is InChI=1S/C23H26N2O2/c26-23(27)19-8-6-16(7-9-19)14-25-15-20(17-4-2-1-3-5-17)22-21(25)18-10-12-24(22)13-11-18/h1-9,18,20-22H,10-15H2,(H,26,27)/t20-,21+,22+/m0/s1. The second-order valence-electron chi connectivity index (χ2n) is 8.30. The fourth-order valence-corrected chi connectivity index (χ4v) is 5.70. The average Bonchev–Trinajstić information content (AvgIpc) is 3.11. The van der Waals surface area contributed by atoms with Gasteiger partial charge in [-0.2, -0.15) is 0 Å². The molecule has 0 aromatic heterocycles. The molecule has 4 nitrogen and oxygen atoms in total. The van der Waals surface area contributed by atoms with E-state index in [-0.39, 0.29) is 0 Å². The highest BCUT2D eigenvalue weighted by molar-refractivity contribution is 5.87. The van der Waals surface area contributed by atoms with Crippen molar-refractivity contribution in [3.8, 4) is 0 Å². The number of hydrogen-bond acceptors (Lipinski definition) is 3. The highest BCUT2D eigenvalue weighted by atomic mass is 16.4. The summed E-state index contributed by atoms with van der Waals surface area (Å²) in [6.45, 7) is 4.49. The predicted octanol–water partition coefficient (Wildman–Crippen LogP) is 3.45. The van der Waals surface area contributed by atoms with Crippen LogP contribution in [0, 0.1) is 5.92 Å². The van der Waals surface area contributed by atoms with E-state index < -0.39 is 5.97 Å². The van der Waals surface area contributed by atoms with E-state index in [2.05, 4.69) is 40.1 Å². The van der Waals surface area contributed by atoms with Gasteiger partial charge in [-0.05, 0) is 55.1 Å². The summed E-state index contributed by atoms with van der Waals surface area (Å²) >= 11 is 0. The Kier molecular flexibility index (Phi) is 4.25. The zero-order valence-electron chi connectivity index (χ0n) is 15.5. The molecule has 0 aliphatic carbocycles. The fourth-order valence-electron chi connectivity index (χ4n) is 5.70. The van der Waals surface area contributed by atoms with Crippen LogP contribution in [-0.2, 0) is 6.54 Å². The number of hydrogen-bond donors (Lipinski definition) is 1. The van der Waals surface area contributed by atoms with Crippen molar-refractivity contribution in [2.45, 2.75) is 37.4 Å². The van der Waals surface area contributed by atoms with Gasteiger partial charge < -0.3 is 5.11 Å². The molecule has 1 N–H and O–H groups in total. The van der Waals surface area contributed by atoms with Crippen LogP contribution in [0.25, 0.3) is 0 Å². The van der Waals surface area contributed by atoms with E-state index >= 15 is 0 Å². The first-order chi connectivity index (χ1) is 13.2. The van der Waals surface area contributed by atoms with E-state index in [9.17, 15) is 4.79 Å². The van der Waals surface area contributed by atoms with Crippen molar-refractivity contribution >= 4 is 5.97 Å². The Labute approximate surface area is 160 Å². The second-order valence-corrected chi connectivity index (χ2v) is 8.30. The summed E-state index contributed by atoms with van der Waals surface area (Å²) in [5.41, 5.74) is 3.04. The van der Waals surface area contributed by atoms with Crippen LogP contribution in [0.3, 0.4) is 0 Å². The van der Waals surface area contributed by atoms with E-state index in [0.29, 0.717) is 23.6 Å². The molecule has 2 aromatic carbocycles. The first-order valence-electron chi connectivity index (χ1n) is 10.1. The zero-order chi connectivity index (χ0) is 18.4. The number of piperidine rings is 3. The van der Waals surface area contributed by atoms with E-state index in [1.54, 1.807) is 12.1 Å². The average molecular weight is 362 g/mol. The Bertz CT molecular complexity index is 812. The topological polar surface area (TPSA) is 43.8 Å². The lowest BCUT2D eigenvalue weighted by Gasteiger charge is -2.51. The Balaban J connectivity index is 1.43. The van der Waals surface area contributed by atoms with Crippen LogP contribution in [0.2, 0.25) is 0 Å². The lowest BCUT2D eigenvalue weighted by molar-refractivity contribution is -0.00869. The predicted molar refractivity (Wildman–Crippen MR) is 105 cm³/mol. The van der Waals surface area contributed by atoms with Crippen LogP contribution in [0.4, 0.5) is 0 Å². The molecule has 4 aliphatic heterocycles. The van der Waals surface area contributed by atoms with E-state index in [0.717, 1.165) is 19.0 Å². The molecule has 2 aromatic rings. The van der Waals surface area contributed by atoms with Gasteiger partial charge in [0, 0.05) is 31.1 Å². The van der Waals surface area contributed by atoms with Crippen molar-refractivity contribution in [2.75, 3.05) is 19.6 Å². The summed E-state index contributed by atoms with van der Waals surface area (Å²) in [6.07, 6.45) is 2.63. The number of carboxylic acid groups (broad SMARTS) is 1. The Morgan fingerprint density at radius 2 is 1.67 bits per heavy atom. The van der Waals surface area contributed by atoms with Gasteiger partial charge in [0.25, 0.3) is 0 Å². The van der Waals surface area contributed by atoms with Crippen LogP contribution in [0.5, 0.6) is 0 Å². The minimum absolute atomic E-state index is 0.364. The minimum Gasteiger partial charge on any atom is -0.478 e. The van der Waals surface area contributed by atoms with E-state index in [1.165, 1.54) is 37.1 Å². The van der Waals surface area contributed by atoms with Gasteiger partial charge in [0.05, 0.1) is 5.56 Å². The summed E-state index contributed by atoms with van der Waals surface area (Å²) in [5, 5.41) is 9.13. The molecule has 0 unspecified atom stereocenters. The normalized spacial score (nSPS) is 32.4. The maximum Gasteiger partial charge on any atom is 0.335 e. The number of carboxylic acids is 1. The third-order valence-corrected chi connectivity index (χ3v) is 6.91. The van der Waals surface area contributed by atoms with Crippen LogP contribution < -0.4 is 0 Å². The molecule has 0 amide bonds. The summed E-state index contributed by atoms with van der Waals surface area (Å²) in [6, 6.07) is 19.7. The monoisotopic (exact) mass is 362 g/mol. The molecule has 0 radical (unpaired) electrons. The van der Waals surface area contributed by atoms with Crippen molar-refractivity contribution in [1.82, 2.24) is 9.80 Å². The Hall–Kier alpha value is -2.17. The van der Waals surface area contributed by atoms with Crippen LogP contribution in [0.1, 0.15) is 40.2 Å². The van der Waals surface area contributed by atoms with Crippen molar-refractivity contribution in [3.63, 3.8) is 0 Å². The lowest BCUT2D eigenvalue weighted by atomic mass is 9.75. The number of carbonyl (C=O) groups is 1. The van der Waals surface area contributed by atoms with Gasteiger partial charge in [-0.25, -0.2) is 4.79 Å². The summed E-state index contributed by atoms with van der Waals surface area (Å²) < 4.78 is 0. The number of fused-ring (bicyclic) bond motifs is 2. The highest BCUT2D eigenvalue weighted by Gasteiger charge is 2.52. The first kappa shape index (κ1) is 17.0.